The first-order valence-corrected chi connectivity index (χ1v) is 3.83. The molecular formula is C7H14N2O. The van der Waals surface area contributed by atoms with E-state index in [2.05, 4.69) is 5.32 Å². The van der Waals surface area contributed by atoms with Crippen molar-refractivity contribution >= 4 is 5.91 Å². The van der Waals surface area contributed by atoms with Crippen molar-refractivity contribution in [3.05, 3.63) is 0 Å². The van der Waals surface area contributed by atoms with E-state index in [1.807, 2.05) is 11.8 Å². The van der Waals surface area contributed by atoms with Gasteiger partial charge in [-0.25, -0.2) is 0 Å². The van der Waals surface area contributed by atoms with E-state index in [-0.39, 0.29) is 0 Å². The van der Waals surface area contributed by atoms with Crippen molar-refractivity contribution in [2.75, 3.05) is 19.8 Å². The Hall–Kier alpha value is -0.570. The van der Waals surface area contributed by atoms with Crippen LogP contribution in [0, 0.1) is 0 Å². The van der Waals surface area contributed by atoms with Crippen LogP contribution in [0.1, 0.15) is 19.8 Å². The maximum atomic E-state index is 11.0. The molecule has 0 saturated carbocycles. The minimum absolute atomic E-state index is 0.293. The molecule has 0 atom stereocenters. The molecule has 58 valence electrons. The fourth-order valence-electron chi connectivity index (χ4n) is 1.12. The average molecular weight is 142 g/mol. The molecule has 3 nitrogen and oxygen atoms in total. The van der Waals surface area contributed by atoms with Crippen LogP contribution in [-0.4, -0.2) is 30.6 Å². The van der Waals surface area contributed by atoms with Crippen LogP contribution in [0.4, 0.5) is 0 Å². The second-order valence-corrected chi connectivity index (χ2v) is 2.52. The number of nitrogens with zero attached hydrogens (tertiary/aromatic N) is 1. The van der Waals surface area contributed by atoms with Gasteiger partial charge >= 0.3 is 0 Å². The van der Waals surface area contributed by atoms with Gasteiger partial charge in [-0.2, -0.15) is 0 Å². The van der Waals surface area contributed by atoms with E-state index in [4.69, 9.17) is 0 Å². The predicted molar refractivity (Wildman–Crippen MR) is 39.5 cm³/mol. The molecule has 0 aromatic rings. The molecule has 3 heteroatoms. The quantitative estimate of drug-likeness (QED) is 0.609. The molecule has 0 aliphatic carbocycles. The smallest absolute Gasteiger partial charge is 0.223 e. The maximum absolute atomic E-state index is 11.0. The Labute approximate surface area is 61.4 Å². The first-order chi connectivity index (χ1) is 4.84. The van der Waals surface area contributed by atoms with E-state index in [0.717, 1.165) is 32.6 Å². The minimum atomic E-state index is 0.293. The molecule has 1 aliphatic heterocycles. The number of hydrogen-bond donors (Lipinski definition) is 1. The first-order valence-electron chi connectivity index (χ1n) is 3.83. The van der Waals surface area contributed by atoms with Gasteiger partial charge in [-0.15, -0.1) is 0 Å². The third-order valence-electron chi connectivity index (χ3n) is 1.72. The standard InChI is InChI=1S/C7H14N2O/c1-2-8-6-9-5-3-4-7(9)10/h8H,2-6H2,1H3. The summed E-state index contributed by atoms with van der Waals surface area (Å²) >= 11 is 0. The molecule has 0 bridgehead atoms. The zero-order chi connectivity index (χ0) is 7.40. The lowest BCUT2D eigenvalue weighted by Gasteiger charge is -2.14. The average Bonchev–Trinajstić information content (AvgIpc) is 2.31. The lowest BCUT2D eigenvalue weighted by atomic mass is 10.4. The number of rotatable bonds is 3. The second kappa shape index (κ2) is 3.56. The van der Waals surface area contributed by atoms with E-state index >= 15 is 0 Å². The summed E-state index contributed by atoms with van der Waals surface area (Å²) in [5.74, 6) is 0.293. The van der Waals surface area contributed by atoms with E-state index < -0.39 is 0 Å². The molecule has 1 saturated heterocycles. The van der Waals surface area contributed by atoms with Gasteiger partial charge in [0.25, 0.3) is 0 Å². The van der Waals surface area contributed by atoms with Gasteiger partial charge in [-0.1, -0.05) is 6.92 Å². The highest BCUT2D eigenvalue weighted by Crippen LogP contribution is 2.06. The monoisotopic (exact) mass is 142 g/mol. The highest BCUT2D eigenvalue weighted by Gasteiger charge is 2.18. The fraction of sp³-hybridized carbons (Fsp3) is 0.857. The van der Waals surface area contributed by atoms with Crippen LogP contribution in [-0.2, 0) is 4.79 Å². The summed E-state index contributed by atoms with van der Waals surface area (Å²) in [7, 11) is 0. The van der Waals surface area contributed by atoms with Gasteiger partial charge < -0.3 is 10.2 Å². The molecule has 1 fully saturated rings. The lowest BCUT2D eigenvalue weighted by molar-refractivity contribution is -0.127. The number of nitrogens with one attached hydrogen (secondary N) is 1. The predicted octanol–water partition coefficient (Wildman–Crippen LogP) is 0.176. The van der Waals surface area contributed by atoms with Crippen LogP contribution >= 0.6 is 0 Å². The molecule has 1 amide bonds. The van der Waals surface area contributed by atoms with Crippen molar-refractivity contribution < 1.29 is 4.79 Å². The molecule has 0 spiro atoms. The Kier molecular flexibility index (Phi) is 2.68. The number of hydrogen-bond acceptors (Lipinski definition) is 2. The molecule has 1 heterocycles. The summed E-state index contributed by atoms with van der Waals surface area (Å²) in [6.45, 7) is 4.64. The van der Waals surface area contributed by atoms with E-state index in [1.54, 1.807) is 0 Å². The fourth-order valence-corrected chi connectivity index (χ4v) is 1.12. The normalized spacial score (nSPS) is 18.5. The zero-order valence-electron chi connectivity index (χ0n) is 6.39. The van der Waals surface area contributed by atoms with E-state index in [9.17, 15) is 4.79 Å². The Bertz CT molecular complexity index is 125. The Morgan fingerprint density at radius 3 is 3.00 bits per heavy atom. The molecule has 0 unspecified atom stereocenters. The highest BCUT2D eigenvalue weighted by atomic mass is 16.2. The number of carbonyl (C=O) groups is 1. The largest absolute Gasteiger partial charge is 0.330 e. The van der Waals surface area contributed by atoms with Crippen LogP contribution in [0.25, 0.3) is 0 Å². The van der Waals surface area contributed by atoms with Crippen molar-refractivity contribution in [1.82, 2.24) is 10.2 Å². The van der Waals surface area contributed by atoms with Gasteiger partial charge in [-0.3, -0.25) is 4.79 Å². The van der Waals surface area contributed by atoms with Crippen LogP contribution in [0.2, 0.25) is 0 Å². The van der Waals surface area contributed by atoms with Crippen LogP contribution < -0.4 is 5.32 Å². The molecule has 10 heavy (non-hydrogen) atoms. The van der Waals surface area contributed by atoms with Gasteiger partial charge in [-0.05, 0) is 13.0 Å². The SMILES string of the molecule is CCNCN1CCCC1=O. The molecule has 1 aliphatic rings. The summed E-state index contributed by atoms with van der Waals surface area (Å²) in [5.41, 5.74) is 0. The third-order valence-corrected chi connectivity index (χ3v) is 1.72. The molecular weight excluding hydrogens is 128 g/mol. The maximum Gasteiger partial charge on any atom is 0.223 e. The van der Waals surface area contributed by atoms with E-state index in [0.29, 0.717) is 5.91 Å². The summed E-state index contributed by atoms with van der Waals surface area (Å²) < 4.78 is 0. The van der Waals surface area contributed by atoms with Crippen LogP contribution in [0.15, 0.2) is 0 Å². The third kappa shape index (κ3) is 1.70. The first kappa shape index (κ1) is 7.54. The molecule has 0 aromatic heterocycles. The summed E-state index contributed by atoms with van der Waals surface area (Å²) in [5, 5.41) is 3.13. The van der Waals surface area contributed by atoms with Crippen molar-refractivity contribution in [3.8, 4) is 0 Å². The molecule has 0 aromatic carbocycles. The lowest BCUT2D eigenvalue weighted by Crippen LogP contribution is -2.34. The zero-order valence-corrected chi connectivity index (χ0v) is 6.39. The number of carbonyl (C=O) groups excluding carboxylic acids is 1. The van der Waals surface area contributed by atoms with Gasteiger partial charge in [0.15, 0.2) is 0 Å². The van der Waals surface area contributed by atoms with E-state index in [1.165, 1.54) is 0 Å². The van der Waals surface area contributed by atoms with Crippen molar-refractivity contribution in [1.29, 1.82) is 0 Å². The Balaban J connectivity index is 2.20. The summed E-state index contributed by atoms with van der Waals surface area (Å²) in [4.78, 5) is 12.8. The van der Waals surface area contributed by atoms with Crippen LogP contribution in [0.3, 0.4) is 0 Å². The van der Waals surface area contributed by atoms with Gasteiger partial charge in [0.2, 0.25) is 5.91 Å². The second-order valence-electron chi connectivity index (χ2n) is 2.52. The molecule has 1 rings (SSSR count). The van der Waals surface area contributed by atoms with Gasteiger partial charge in [0.1, 0.15) is 0 Å². The van der Waals surface area contributed by atoms with Crippen molar-refractivity contribution in [2.45, 2.75) is 19.8 Å². The topological polar surface area (TPSA) is 32.3 Å². The molecule has 0 radical (unpaired) electrons. The number of likely N-dealkylation sites (tertiary alicyclic amines) is 1. The van der Waals surface area contributed by atoms with Crippen molar-refractivity contribution in [3.63, 3.8) is 0 Å². The Morgan fingerprint density at radius 1 is 1.70 bits per heavy atom. The molecule has 1 N–H and O–H groups in total. The number of amides is 1. The summed E-state index contributed by atoms with van der Waals surface area (Å²) in [6.07, 6.45) is 1.77. The van der Waals surface area contributed by atoms with Crippen LogP contribution in [0.5, 0.6) is 0 Å². The highest BCUT2D eigenvalue weighted by molar-refractivity contribution is 5.77. The minimum Gasteiger partial charge on any atom is -0.330 e. The Morgan fingerprint density at radius 2 is 2.50 bits per heavy atom. The summed E-state index contributed by atoms with van der Waals surface area (Å²) in [6, 6.07) is 0. The van der Waals surface area contributed by atoms with Crippen molar-refractivity contribution in [2.24, 2.45) is 0 Å². The van der Waals surface area contributed by atoms with Gasteiger partial charge in [0, 0.05) is 13.0 Å². The van der Waals surface area contributed by atoms with Gasteiger partial charge in [0.05, 0.1) is 6.67 Å².